The van der Waals surface area contributed by atoms with Gasteiger partial charge in [0.1, 0.15) is 6.10 Å². The van der Waals surface area contributed by atoms with E-state index in [1.54, 1.807) is 6.92 Å². The zero-order chi connectivity index (χ0) is 14.1. The molecule has 3 rings (SSSR count). The normalized spacial score (nSPS) is 50.9. The van der Waals surface area contributed by atoms with Crippen LogP contribution in [0, 0.1) is 28.1 Å². The van der Waals surface area contributed by atoms with Crippen molar-refractivity contribution in [1.82, 2.24) is 0 Å². The van der Waals surface area contributed by atoms with E-state index in [9.17, 15) is 4.79 Å². The lowest BCUT2D eigenvalue weighted by atomic mass is 9.61. The molecule has 3 aliphatic rings. The summed E-state index contributed by atoms with van der Waals surface area (Å²) < 4.78 is 5.82. The van der Waals surface area contributed by atoms with Gasteiger partial charge < -0.3 is 4.74 Å². The molecule has 0 heterocycles. The molecule has 0 aromatic rings. The molecule has 3 saturated carbocycles. The van der Waals surface area contributed by atoms with Gasteiger partial charge in [-0.1, -0.05) is 27.7 Å². The van der Waals surface area contributed by atoms with Crippen LogP contribution in [0.3, 0.4) is 0 Å². The Morgan fingerprint density at radius 3 is 2.47 bits per heavy atom. The predicted octanol–water partition coefficient (Wildman–Crippen LogP) is 4.18. The largest absolute Gasteiger partial charge is 0.462 e. The fourth-order valence-corrected chi connectivity index (χ4v) is 6.85. The second-order valence-corrected chi connectivity index (χ2v) is 8.33. The van der Waals surface area contributed by atoms with Crippen molar-refractivity contribution in [3.8, 4) is 0 Å². The van der Waals surface area contributed by atoms with Gasteiger partial charge in [0, 0.05) is 12.3 Å². The average Bonchev–Trinajstić information content (AvgIpc) is 2.79. The molecule has 0 bridgehead atoms. The molecule has 2 heteroatoms. The molecule has 2 nitrogen and oxygen atoms in total. The minimum Gasteiger partial charge on any atom is -0.462 e. The maximum absolute atomic E-state index is 11.5. The number of esters is 1. The van der Waals surface area contributed by atoms with Crippen molar-refractivity contribution in [2.45, 2.75) is 72.8 Å². The number of hydrogen-bond acceptors (Lipinski definition) is 2. The molecule has 19 heavy (non-hydrogen) atoms. The molecule has 3 aliphatic carbocycles. The maximum atomic E-state index is 11.5. The molecular formula is C17H28O2. The summed E-state index contributed by atoms with van der Waals surface area (Å²) in [4.78, 5) is 11.5. The molecule has 108 valence electrons. The molecule has 5 atom stereocenters. The van der Waals surface area contributed by atoms with Crippen LogP contribution in [-0.2, 0) is 9.53 Å². The summed E-state index contributed by atoms with van der Waals surface area (Å²) in [7, 11) is 0. The number of carbonyl (C=O) groups excluding carboxylic acids is 1. The third-order valence-electron chi connectivity index (χ3n) is 6.91. The van der Waals surface area contributed by atoms with Gasteiger partial charge in [0.15, 0.2) is 0 Å². The predicted molar refractivity (Wildman–Crippen MR) is 75.6 cm³/mol. The molecule has 0 saturated heterocycles. The topological polar surface area (TPSA) is 26.3 Å². The molecule has 0 aromatic carbocycles. The molecule has 0 amide bonds. The van der Waals surface area contributed by atoms with Crippen molar-refractivity contribution < 1.29 is 9.53 Å². The first-order chi connectivity index (χ1) is 8.74. The summed E-state index contributed by atoms with van der Waals surface area (Å²) >= 11 is 0. The first-order valence-corrected chi connectivity index (χ1v) is 7.91. The molecule has 1 unspecified atom stereocenters. The maximum Gasteiger partial charge on any atom is 0.302 e. The van der Waals surface area contributed by atoms with E-state index in [-0.39, 0.29) is 17.5 Å². The van der Waals surface area contributed by atoms with Gasteiger partial charge in [0.05, 0.1) is 0 Å². The summed E-state index contributed by atoms with van der Waals surface area (Å²) in [6, 6.07) is 0. The van der Waals surface area contributed by atoms with Gasteiger partial charge in [-0.15, -0.1) is 0 Å². The summed E-state index contributed by atoms with van der Waals surface area (Å²) in [5.41, 5.74) is 1.03. The highest BCUT2D eigenvalue weighted by atomic mass is 16.5. The van der Waals surface area contributed by atoms with Crippen molar-refractivity contribution in [2.24, 2.45) is 28.1 Å². The zero-order valence-electron chi connectivity index (χ0n) is 13.1. The van der Waals surface area contributed by atoms with Crippen LogP contribution in [0.4, 0.5) is 0 Å². The lowest BCUT2D eigenvalue weighted by molar-refractivity contribution is -0.159. The zero-order valence-corrected chi connectivity index (χ0v) is 13.1. The standard InChI is InChI=1S/C17H28O2/c1-11-6-7-13-15(3,4)10-16(5)9-8-14(17(11,13)16)19-12(2)18/h11,13-14H,6-10H2,1-5H3/t11-,13+,14-,16+,17?/m1/s1. The van der Waals surface area contributed by atoms with Crippen molar-refractivity contribution in [3.05, 3.63) is 0 Å². The van der Waals surface area contributed by atoms with Crippen molar-refractivity contribution in [2.75, 3.05) is 0 Å². The molecule has 0 N–H and O–H groups in total. The van der Waals surface area contributed by atoms with Crippen LogP contribution in [0.1, 0.15) is 66.7 Å². The fraction of sp³-hybridized carbons (Fsp3) is 0.941. The highest BCUT2D eigenvalue weighted by Gasteiger charge is 2.74. The van der Waals surface area contributed by atoms with E-state index in [1.807, 2.05) is 0 Å². The van der Waals surface area contributed by atoms with Crippen molar-refractivity contribution >= 4 is 5.97 Å². The van der Waals surface area contributed by atoms with Crippen LogP contribution in [0.15, 0.2) is 0 Å². The lowest BCUT2D eigenvalue weighted by Crippen LogP contribution is -2.46. The quantitative estimate of drug-likeness (QED) is 0.664. The van der Waals surface area contributed by atoms with E-state index in [0.29, 0.717) is 16.7 Å². The SMILES string of the molecule is CC(=O)O[C@@H]1CC[C@@]2(C)CC(C)(C)[C@@H]3CC[C@@H](C)C132. The van der Waals surface area contributed by atoms with E-state index in [2.05, 4.69) is 27.7 Å². The van der Waals surface area contributed by atoms with Crippen LogP contribution < -0.4 is 0 Å². The van der Waals surface area contributed by atoms with E-state index in [0.717, 1.165) is 12.3 Å². The van der Waals surface area contributed by atoms with Crippen LogP contribution >= 0.6 is 0 Å². The number of rotatable bonds is 1. The molecule has 0 aliphatic heterocycles. The second-order valence-electron chi connectivity index (χ2n) is 8.33. The first kappa shape index (κ1) is 13.5. The van der Waals surface area contributed by atoms with Gasteiger partial charge in [-0.2, -0.15) is 0 Å². The summed E-state index contributed by atoms with van der Waals surface area (Å²) in [5.74, 6) is 1.33. The summed E-state index contributed by atoms with van der Waals surface area (Å²) in [5, 5.41) is 0. The van der Waals surface area contributed by atoms with Gasteiger partial charge in [-0.25, -0.2) is 0 Å². The van der Waals surface area contributed by atoms with E-state index in [4.69, 9.17) is 4.74 Å². The highest BCUT2D eigenvalue weighted by molar-refractivity contribution is 5.66. The van der Waals surface area contributed by atoms with Gasteiger partial charge in [-0.05, 0) is 54.8 Å². The Balaban J connectivity index is 2.08. The molecule has 0 radical (unpaired) electrons. The van der Waals surface area contributed by atoms with Gasteiger partial charge in [-0.3, -0.25) is 4.79 Å². The molecule has 0 aromatic heterocycles. The van der Waals surface area contributed by atoms with Gasteiger partial charge >= 0.3 is 5.97 Å². The Hall–Kier alpha value is -0.530. The summed E-state index contributed by atoms with van der Waals surface area (Å²) in [6.45, 7) is 11.3. The average molecular weight is 264 g/mol. The first-order valence-electron chi connectivity index (χ1n) is 7.91. The van der Waals surface area contributed by atoms with Crippen molar-refractivity contribution in [3.63, 3.8) is 0 Å². The Bertz CT molecular complexity index is 413. The van der Waals surface area contributed by atoms with Crippen LogP contribution in [0.2, 0.25) is 0 Å². The fourth-order valence-electron chi connectivity index (χ4n) is 6.85. The Morgan fingerprint density at radius 2 is 1.84 bits per heavy atom. The Labute approximate surface area is 117 Å². The minimum atomic E-state index is -0.0915. The number of hydrogen-bond donors (Lipinski definition) is 0. The van der Waals surface area contributed by atoms with E-state index < -0.39 is 0 Å². The number of ether oxygens (including phenoxy) is 1. The van der Waals surface area contributed by atoms with Crippen LogP contribution in [-0.4, -0.2) is 12.1 Å². The molecule has 1 spiro atoms. The van der Waals surface area contributed by atoms with Crippen LogP contribution in [0.25, 0.3) is 0 Å². The third-order valence-corrected chi connectivity index (χ3v) is 6.91. The third kappa shape index (κ3) is 1.46. The van der Waals surface area contributed by atoms with Crippen LogP contribution in [0.5, 0.6) is 0 Å². The van der Waals surface area contributed by atoms with Gasteiger partial charge in [0.25, 0.3) is 0 Å². The number of carbonyl (C=O) groups is 1. The minimum absolute atomic E-state index is 0.0915. The van der Waals surface area contributed by atoms with E-state index >= 15 is 0 Å². The smallest absolute Gasteiger partial charge is 0.302 e. The lowest BCUT2D eigenvalue weighted by Gasteiger charge is -2.45. The molecular weight excluding hydrogens is 236 g/mol. The summed E-state index contributed by atoms with van der Waals surface area (Å²) in [6.07, 6.45) is 6.40. The highest BCUT2D eigenvalue weighted by Crippen LogP contribution is 2.77. The second kappa shape index (κ2) is 3.77. The molecule has 3 fully saturated rings. The Kier molecular flexibility index (Phi) is 2.67. The van der Waals surface area contributed by atoms with E-state index in [1.165, 1.54) is 25.7 Å². The van der Waals surface area contributed by atoms with Crippen molar-refractivity contribution in [1.29, 1.82) is 0 Å². The monoisotopic (exact) mass is 264 g/mol. The van der Waals surface area contributed by atoms with Gasteiger partial charge in [0.2, 0.25) is 0 Å². The Morgan fingerprint density at radius 1 is 1.16 bits per heavy atom.